The SMILES string of the molecule is O=c1cc(C(F)F)c2c(C3CC3)noc2[nH]1. The van der Waals surface area contributed by atoms with Crippen LogP contribution in [0, 0.1) is 0 Å². The molecule has 0 bridgehead atoms. The van der Waals surface area contributed by atoms with Crippen LogP contribution in [0.3, 0.4) is 0 Å². The molecular weight excluding hydrogens is 218 g/mol. The summed E-state index contributed by atoms with van der Waals surface area (Å²) in [5.41, 5.74) is -0.297. The number of nitrogens with zero attached hydrogens (tertiary/aromatic N) is 1. The predicted molar refractivity (Wildman–Crippen MR) is 51.6 cm³/mol. The average molecular weight is 226 g/mol. The van der Waals surface area contributed by atoms with Gasteiger partial charge in [-0.05, 0) is 12.8 Å². The van der Waals surface area contributed by atoms with Crippen LogP contribution in [0.1, 0.15) is 36.4 Å². The summed E-state index contributed by atoms with van der Waals surface area (Å²) in [6.45, 7) is 0. The summed E-state index contributed by atoms with van der Waals surface area (Å²) < 4.78 is 30.5. The second kappa shape index (κ2) is 3.13. The molecule has 0 aromatic carbocycles. The normalized spacial score (nSPS) is 16.2. The first-order valence-corrected chi connectivity index (χ1v) is 4.97. The van der Waals surface area contributed by atoms with Gasteiger partial charge >= 0.3 is 0 Å². The summed E-state index contributed by atoms with van der Waals surface area (Å²) >= 11 is 0. The molecule has 0 aliphatic heterocycles. The Hall–Kier alpha value is -1.72. The van der Waals surface area contributed by atoms with Crippen molar-refractivity contribution in [3.63, 3.8) is 0 Å². The molecule has 1 fully saturated rings. The van der Waals surface area contributed by atoms with Gasteiger partial charge in [0.05, 0.1) is 11.1 Å². The third-order valence-electron chi connectivity index (χ3n) is 2.73. The van der Waals surface area contributed by atoms with E-state index in [0.717, 1.165) is 18.9 Å². The van der Waals surface area contributed by atoms with E-state index in [2.05, 4.69) is 10.1 Å². The number of pyridine rings is 1. The maximum Gasteiger partial charge on any atom is 0.264 e. The molecule has 1 aliphatic carbocycles. The second-order valence-corrected chi connectivity index (χ2v) is 3.94. The van der Waals surface area contributed by atoms with Crippen LogP contribution in [0.25, 0.3) is 11.1 Å². The summed E-state index contributed by atoms with van der Waals surface area (Å²) in [4.78, 5) is 13.5. The summed E-state index contributed by atoms with van der Waals surface area (Å²) in [6, 6.07) is 0.913. The Morgan fingerprint density at radius 2 is 2.25 bits per heavy atom. The molecule has 1 saturated carbocycles. The standard InChI is InChI=1S/C10H8F2N2O2/c11-9(12)5-3-6(15)13-10-7(5)8(14-16-10)4-1-2-4/h3-4,9H,1-2H2,(H,13,15). The topological polar surface area (TPSA) is 58.9 Å². The smallest absolute Gasteiger partial charge is 0.264 e. The van der Waals surface area contributed by atoms with Crippen molar-refractivity contribution < 1.29 is 13.3 Å². The van der Waals surface area contributed by atoms with Gasteiger partial charge in [0.1, 0.15) is 0 Å². The molecule has 2 heterocycles. The van der Waals surface area contributed by atoms with E-state index in [1.54, 1.807) is 0 Å². The lowest BCUT2D eigenvalue weighted by atomic mass is 10.1. The molecule has 2 aromatic heterocycles. The fourth-order valence-corrected chi connectivity index (χ4v) is 1.84. The highest BCUT2D eigenvalue weighted by molar-refractivity contribution is 5.81. The van der Waals surface area contributed by atoms with Gasteiger partial charge in [0.25, 0.3) is 12.0 Å². The first kappa shape index (κ1) is 9.50. The zero-order chi connectivity index (χ0) is 11.3. The van der Waals surface area contributed by atoms with Crippen LogP contribution in [-0.4, -0.2) is 10.1 Å². The van der Waals surface area contributed by atoms with E-state index in [1.807, 2.05) is 0 Å². The molecule has 2 aromatic rings. The van der Waals surface area contributed by atoms with E-state index < -0.39 is 12.0 Å². The molecule has 1 aliphatic rings. The number of alkyl halides is 2. The molecule has 3 rings (SSSR count). The van der Waals surface area contributed by atoms with Crippen molar-refractivity contribution in [3.05, 3.63) is 27.7 Å². The number of hydrogen-bond acceptors (Lipinski definition) is 3. The lowest BCUT2D eigenvalue weighted by Crippen LogP contribution is -2.06. The molecule has 0 spiro atoms. The van der Waals surface area contributed by atoms with Crippen LogP contribution in [0.2, 0.25) is 0 Å². The maximum atomic E-state index is 12.8. The number of rotatable bonds is 2. The van der Waals surface area contributed by atoms with Crippen LogP contribution in [0.15, 0.2) is 15.4 Å². The highest BCUT2D eigenvalue weighted by atomic mass is 19.3. The molecule has 16 heavy (non-hydrogen) atoms. The Kier molecular flexibility index (Phi) is 1.86. The van der Waals surface area contributed by atoms with Crippen LogP contribution in [0.5, 0.6) is 0 Å². The summed E-state index contributed by atoms with van der Waals surface area (Å²) in [5, 5.41) is 4.04. The van der Waals surface area contributed by atoms with Crippen LogP contribution < -0.4 is 5.56 Å². The van der Waals surface area contributed by atoms with Crippen LogP contribution in [-0.2, 0) is 0 Å². The summed E-state index contributed by atoms with van der Waals surface area (Å²) in [5.74, 6) is 0.199. The van der Waals surface area contributed by atoms with E-state index in [1.165, 1.54) is 0 Å². The molecule has 0 atom stereocenters. The van der Waals surface area contributed by atoms with Gasteiger partial charge in [-0.1, -0.05) is 5.16 Å². The maximum absolute atomic E-state index is 12.8. The first-order chi connectivity index (χ1) is 7.66. The highest BCUT2D eigenvalue weighted by Gasteiger charge is 2.31. The Balaban J connectivity index is 2.35. The van der Waals surface area contributed by atoms with Crippen molar-refractivity contribution in [1.29, 1.82) is 0 Å². The number of aromatic amines is 1. The Bertz CT molecular complexity index is 598. The number of aromatic nitrogens is 2. The van der Waals surface area contributed by atoms with Crippen LogP contribution in [0.4, 0.5) is 8.78 Å². The zero-order valence-electron chi connectivity index (χ0n) is 8.17. The van der Waals surface area contributed by atoms with Crippen molar-refractivity contribution in [2.45, 2.75) is 25.2 Å². The molecule has 1 N–H and O–H groups in total. The molecule has 0 unspecified atom stereocenters. The molecule has 0 saturated heterocycles. The number of hydrogen-bond donors (Lipinski definition) is 1. The van der Waals surface area contributed by atoms with Crippen LogP contribution >= 0.6 is 0 Å². The zero-order valence-corrected chi connectivity index (χ0v) is 8.17. The minimum absolute atomic E-state index is 0.0460. The van der Waals surface area contributed by atoms with Gasteiger partial charge in [0.15, 0.2) is 0 Å². The Labute approximate surface area is 88.2 Å². The van der Waals surface area contributed by atoms with Crippen molar-refractivity contribution in [3.8, 4) is 0 Å². The van der Waals surface area contributed by atoms with Crippen molar-refractivity contribution in [1.82, 2.24) is 10.1 Å². The van der Waals surface area contributed by atoms with E-state index in [4.69, 9.17) is 4.52 Å². The van der Waals surface area contributed by atoms with Gasteiger partial charge in [-0.25, -0.2) is 8.78 Å². The fourth-order valence-electron chi connectivity index (χ4n) is 1.84. The minimum Gasteiger partial charge on any atom is -0.337 e. The molecule has 0 amide bonds. The van der Waals surface area contributed by atoms with Gasteiger partial charge in [-0.2, -0.15) is 0 Å². The average Bonchev–Trinajstić information content (AvgIpc) is 2.98. The van der Waals surface area contributed by atoms with Gasteiger partial charge in [-0.3, -0.25) is 9.78 Å². The molecule has 84 valence electrons. The Morgan fingerprint density at radius 3 is 2.88 bits per heavy atom. The van der Waals surface area contributed by atoms with Gasteiger partial charge < -0.3 is 4.52 Å². The second-order valence-electron chi connectivity index (χ2n) is 3.94. The van der Waals surface area contributed by atoms with E-state index in [9.17, 15) is 13.6 Å². The third-order valence-corrected chi connectivity index (χ3v) is 2.73. The first-order valence-electron chi connectivity index (χ1n) is 4.97. The van der Waals surface area contributed by atoms with Crippen molar-refractivity contribution >= 4 is 11.1 Å². The predicted octanol–water partition coefficient (Wildman–Crippen LogP) is 2.33. The lowest BCUT2D eigenvalue weighted by molar-refractivity contribution is 0.153. The number of fused-ring (bicyclic) bond motifs is 1. The van der Waals surface area contributed by atoms with E-state index >= 15 is 0 Å². The summed E-state index contributed by atoms with van der Waals surface area (Å²) in [6.07, 6.45) is -0.825. The quantitative estimate of drug-likeness (QED) is 0.854. The lowest BCUT2D eigenvalue weighted by Gasteiger charge is -2.00. The van der Waals surface area contributed by atoms with Gasteiger partial charge in [-0.15, -0.1) is 0 Å². The molecular formula is C10H8F2N2O2. The monoisotopic (exact) mass is 226 g/mol. The minimum atomic E-state index is -2.69. The number of nitrogens with one attached hydrogen (secondary N) is 1. The third kappa shape index (κ3) is 1.33. The van der Waals surface area contributed by atoms with Gasteiger partial charge in [0, 0.05) is 17.5 Å². The molecule has 4 nitrogen and oxygen atoms in total. The fraction of sp³-hybridized carbons (Fsp3) is 0.400. The number of halogens is 2. The van der Waals surface area contributed by atoms with Gasteiger partial charge in [0.2, 0.25) is 5.71 Å². The van der Waals surface area contributed by atoms with E-state index in [0.29, 0.717) is 5.69 Å². The largest absolute Gasteiger partial charge is 0.337 e. The van der Waals surface area contributed by atoms with Crippen molar-refractivity contribution in [2.75, 3.05) is 0 Å². The molecule has 0 radical (unpaired) electrons. The molecule has 6 heteroatoms. The number of H-pyrrole nitrogens is 1. The van der Waals surface area contributed by atoms with Crippen molar-refractivity contribution in [2.24, 2.45) is 0 Å². The summed E-state index contributed by atoms with van der Waals surface area (Å²) in [7, 11) is 0. The highest BCUT2D eigenvalue weighted by Crippen LogP contribution is 2.43. The van der Waals surface area contributed by atoms with E-state index in [-0.39, 0.29) is 22.6 Å². The Morgan fingerprint density at radius 1 is 1.50 bits per heavy atom.